The van der Waals surface area contributed by atoms with Crippen molar-refractivity contribution in [3.63, 3.8) is 0 Å². The van der Waals surface area contributed by atoms with Gasteiger partial charge in [0, 0.05) is 6.61 Å². The van der Waals surface area contributed by atoms with Gasteiger partial charge >= 0.3 is 0 Å². The van der Waals surface area contributed by atoms with Gasteiger partial charge in [-0.1, -0.05) is 51.7 Å². The Morgan fingerprint density at radius 2 is 1.79 bits per heavy atom. The number of hydrogen-bond acceptors (Lipinski definition) is 1. The molecular weight excluding hydrogens is 172 g/mol. The third kappa shape index (κ3) is 8.31. The minimum absolute atomic E-state index is 0.310. The predicted molar refractivity (Wildman–Crippen MR) is 63.4 cm³/mol. The van der Waals surface area contributed by atoms with Crippen molar-refractivity contribution in [1.29, 1.82) is 0 Å². The maximum absolute atomic E-state index is 9.10. The third-order valence-electron chi connectivity index (χ3n) is 2.55. The van der Waals surface area contributed by atoms with Gasteiger partial charge in [-0.05, 0) is 25.2 Å². The molecule has 0 spiro atoms. The van der Waals surface area contributed by atoms with Gasteiger partial charge in [0.25, 0.3) is 0 Å². The number of unbranched alkanes of at least 4 members (excludes halogenated alkanes) is 4. The molecule has 0 aromatic carbocycles. The number of aliphatic hydroxyl groups excluding tert-OH is 1. The van der Waals surface area contributed by atoms with Crippen LogP contribution in [-0.4, -0.2) is 11.7 Å². The number of aliphatic hydroxyl groups is 1. The number of allylic oxidation sites excluding steroid dienone is 1. The summed E-state index contributed by atoms with van der Waals surface area (Å²) in [4.78, 5) is 0. The first-order valence-corrected chi connectivity index (χ1v) is 6.12. The molecule has 0 heterocycles. The SMILES string of the molecule is CCCCC/C=C\C(CO)CCCC. The van der Waals surface area contributed by atoms with E-state index in [1.807, 2.05) is 0 Å². The lowest BCUT2D eigenvalue weighted by Crippen LogP contribution is -2.01. The Morgan fingerprint density at radius 3 is 2.36 bits per heavy atom. The van der Waals surface area contributed by atoms with Crippen LogP contribution in [0.4, 0.5) is 0 Å². The quantitative estimate of drug-likeness (QED) is 0.440. The smallest absolute Gasteiger partial charge is 0.0493 e. The molecule has 0 aromatic rings. The van der Waals surface area contributed by atoms with Crippen molar-refractivity contribution in [3.05, 3.63) is 12.2 Å². The molecule has 84 valence electrons. The van der Waals surface area contributed by atoms with Crippen LogP contribution in [0.3, 0.4) is 0 Å². The fourth-order valence-corrected chi connectivity index (χ4v) is 1.52. The van der Waals surface area contributed by atoms with Gasteiger partial charge in [0.15, 0.2) is 0 Å². The molecule has 1 N–H and O–H groups in total. The fraction of sp³-hybridized carbons (Fsp3) is 0.846. The third-order valence-corrected chi connectivity index (χ3v) is 2.55. The lowest BCUT2D eigenvalue weighted by Gasteiger charge is -2.07. The zero-order valence-electron chi connectivity index (χ0n) is 9.84. The molecule has 0 amide bonds. The molecule has 0 rings (SSSR count). The zero-order valence-corrected chi connectivity index (χ0v) is 9.84. The minimum atomic E-state index is 0.310. The zero-order chi connectivity index (χ0) is 10.6. The summed E-state index contributed by atoms with van der Waals surface area (Å²) in [6.45, 7) is 4.73. The molecule has 0 aliphatic heterocycles. The first-order chi connectivity index (χ1) is 6.85. The van der Waals surface area contributed by atoms with E-state index in [1.165, 1.54) is 38.5 Å². The molecule has 1 heteroatoms. The van der Waals surface area contributed by atoms with E-state index in [-0.39, 0.29) is 0 Å². The first kappa shape index (κ1) is 13.7. The van der Waals surface area contributed by atoms with E-state index in [9.17, 15) is 0 Å². The molecule has 0 saturated carbocycles. The summed E-state index contributed by atoms with van der Waals surface area (Å²) in [5, 5.41) is 9.10. The average Bonchev–Trinajstić information content (AvgIpc) is 2.22. The molecular formula is C13H26O. The molecule has 0 fully saturated rings. The van der Waals surface area contributed by atoms with E-state index in [4.69, 9.17) is 5.11 Å². The standard InChI is InChI=1S/C13H26O/c1-3-5-7-8-9-11-13(12-14)10-6-4-2/h9,11,13-14H,3-8,10,12H2,1-2H3/b11-9-. The Kier molecular flexibility index (Phi) is 10.5. The summed E-state index contributed by atoms with van der Waals surface area (Å²) < 4.78 is 0. The largest absolute Gasteiger partial charge is 0.396 e. The molecule has 0 aliphatic rings. The highest BCUT2D eigenvalue weighted by Crippen LogP contribution is 2.10. The van der Waals surface area contributed by atoms with Gasteiger partial charge in [-0.25, -0.2) is 0 Å². The molecule has 1 nitrogen and oxygen atoms in total. The van der Waals surface area contributed by atoms with Crippen molar-refractivity contribution >= 4 is 0 Å². The fourth-order valence-electron chi connectivity index (χ4n) is 1.52. The van der Waals surface area contributed by atoms with Crippen LogP contribution in [-0.2, 0) is 0 Å². The van der Waals surface area contributed by atoms with Gasteiger partial charge in [0.05, 0.1) is 0 Å². The van der Waals surface area contributed by atoms with Gasteiger partial charge in [-0.15, -0.1) is 0 Å². The second-order valence-corrected chi connectivity index (χ2v) is 4.01. The van der Waals surface area contributed by atoms with Crippen LogP contribution in [0.2, 0.25) is 0 Å². The Morgan fingerprint density at radius 1 is 1.07 bits per heavy atom. The lowest BCUT2D eigenvalue weighted by molar-refractivity contribution is 0.244. The van der Waals surface area contributed by atoms with Crippen molar-refractivity contribution < 1.29 is 5.11 Å². The van der Waals surface area contributed by atoms with Crippen LogP contribution in [0, 0.1) is 5.92 Å². The van der Waals surface area contributed by atoms with E-state index in [1.54, 1.807) is 0 Å². The van der Waals surface area contributed by atoms with Gasteiger partial charge in [0.1, 0.15) is 0 Å². The van der Waals surface area contributed by atoms with Gasteiger partial charge < -0.3 is 5.11 Å². The maximum atomic E-state index is 9.10. The molecule has 0 radical (unpaired) electrons. The van der Waals surface area contributed by atoms with Crippen molar-refractivity contribution in [2.45, 2.75) is 58.8 Å². The van der Waals surface area contributed by atoms with Gasteiger partial charge in [-0.2, -0.15) is 0 Å². The molecule has 0 bridgehead atoms. The van der Waals surface area contributed by atoms with Crippen LogP contribution in [0.5, 0.6) is 0 Å². The summed E-state index contributed by atoms with van der Waals surface area (Å²) in [5.74, 6) is 0.400. The van der Waals surface area contributed by atoms with Crippen LogP contribution >= 0.6 is 0 Å². The van der Waals surface area contributed by atoms with E-state index in [2.05, 4.69) is 26.0 Å². The molecule has 1 unspecified atom stereocenters. The molecule has 0 aromatic heterocycles. The topological polar surface area (TPSA) is 20.2 Å². The summed E-state index contributed by atoms with van der Waals surface area (Å²) in [6.07, 6.45) is 13.1. The Bertz CT molecular complexity index is 129. The van der Waals surface area contributed by atoms with Gasteiger partial charge in [-0.3, -0.25) is 0 Å². The Balaban J connectivity index is 3.47. The van der Waals surface area contributed by atoms with Crippen molar-refractivity contribution in [2.75, 3.05) is 6.61 Å². The van der Waals surface area contributed by atoms with Crippen LogP contribution in [0.15, 0.2) is 12.2 Å². The first-order valence-electron chi connectivity index (χ1n) is 6.12. The Labute approximate surface area is 89.2 Å². The minimum Gasteiger partial charge on any atom is -0.396 e. The highest BCUT2D eigenvalue weighted by molar-refractivity contribution is 4.88. The summed E-state index contributed by atoms with van der Waals surface area (Å²) >= 11 is 0. The Hall–Kier alpha value is -0.300. The number of hydrogen-bond donors (Lipinski definition) is 1. The van der Waals surface area contributed by atoms with E-state index >= 15 is 0 Å². The van der Waals surface area contributed by atoms with Crippen LogP contribution in [0.1, 0.15) is 58.8 Å². The summed E-state index contributed by atoms with van der Waals surface area (Å²) in [5.41, 5.74) is 0. The lowest BCUT2D eigenvalue weighted by atomic mass is 10.0. The average molecular weight is 198 g/mol. The van der Waals surface area contributed by atoms with Gasteiger partial charge in [0.2, 0.25) is 0 Å². The molecule has 0 aliphatic carbocycles. The highest BCUT2D eigenvalue weighted by Gasteiger charge is 2.00. The molecule has 14 heavy (non-hydrogen) atoms. The summed E-state index contributed by atoms with van der Waals surface area (Å²) in [6, 6.07) is 0. The monoisotopic (exact) mass is 198 g/mol. The van der Waals surface area contributed by atoms with E-state index < -0.39 is 0 Å². The van der Waals surface area contributed by atoms with Crippen molar-refractivity contribution in [1.82, 2.24) is 0 Å². The molecule has 0 saturated heterocycles. The maximum Gasteiger partial charge on any atom is 0.0493 e. The van der Waals surface area contributed by atoms with Crippen LogP contribution < -0.4 is 0 Å². The predicted octanol–water partition coefficient (Wildman–Crippen LogP) is 3.92. The van der Waals surface area contributed by atoms with Crippen molar-refractivity contribution in [3.8, 4) is 0 Å². The van der Waals surface area contributed by atoms with Crippen LogP contribution in [0.25, 0.3) is 0 Å². The van der Waals surface area contributed by atoms with E-state index in [0.29, 0.717) is 12.5 Å². The highest BCUT2D eigenvalue weighted by atomic mass is 16.3. The second-order valence-electron chi connectivity index (χ2n) is 4.01. The number of rotatable bonds is 9. The van der Waals surface area contributed by atoms with Crippen molar-refractivity contribution in [2.24, 2.45) is 5.92 Å². The summed E-state index contributed by atoms with van der Waals surface area (Å²) in [7, 11) is 0. The van der Waals surface area contributed by atoms with E-state index in [0.717, 1.165) is 6.42 Å². The molecule has 1 atom stereocenters. The second kappa shape index (κ2) is 10.8. The normalized spacial score (nSPS) is 13.6.